The number of nitrogens with zero attached hydrogens (tertiary/aromatic N) is 2. The van der Waals surface area contributed by atoms with Gasteiger partial charge in [-0.15, -0.1) is 0 Å². The van der Waals surface area contributed by atoms with Crippen molar-refractivity contribution in [1.82, 2.24) is 4.31 Å². The number of hydrogen-bond donors (Lipinski definition) is 1. The molecule has 0 fully saturated rings. The lowest BCUT2D eigenvalue weighted by atomic mass is 10.1. The van der Waals surface area contributed by atoms with E-state index in [4.69, 9.17) is 0 Å². The van der Waals surface area contributed by atoms with Gasteiger partial charge in [0.2, 0.25) is 10.0 Å². The summed E-state index contributed by atoms with van der Waals surface area (Å²) in [6, 6.07) is 4.86. The maximum absolute atomic E-state index is 11.4. The minimum Gasteiger partial charge on any atom is -0.385 e. The van der Waals surface area contributed by atoms with Crippen molar-refractivity contribution in [2.24, 2.45) is 0 Å². The van der Waals surface area contributed by atoms with E-state index < -0.39 is 14.9 Å². The molecule has 0 aromatic heterocycles. The molecule has 0 unspecified atom stereocenters. The zero-order valence-corrected chi connectivity index (χ0v) is 13.3. The minimum atomic E-state index is -3.17. The maximum atomic E-state index is 11.4. The Bertz CT molecular complexity index is 601. The van der Waals surface area contributed by atoms with Gasteiger partial charge in [0.25, 0.3) is 5.69 Å². The molecule has 0 aliphatic heterocycles. The van der Waals surface area contributed by atoms with Gasteiger partial charge < -0.3 is 5.32 Å². The third-order valence-corrected chi connectivity index (χ3v) is 4.60. The van der Waals surface area contributed by atoms with E-state index in [1.807, 2.05) is 0 Å². The lowest BCUT2D eigenvalue weighted by molar-refractivity contribution is -0.385. The van der Waals surface area contributed by atoms with E-state index in [0.29, 0.717) is 37.3 Å². The molecule has 0 radical (unpaired) electrons. The van der Waals surface area contributed by atoms with Gasteiger partial charge in [-0.2, -0.15) is 0 Å². The summed E-state index contributed by atoms with van der Waals surface area (Å²) in [5.74, 6) is 0. The van der Waals surface area contributed by atoms with Crippen LogP contribution in [0, 0.1) is 17.0 Å². The molecule has 1 aromatic rings. The molecular formula is C13H21N3O4S. The van der Waals surface area contributed by atoms with Gasteiger partial charge in [-0.3, -0.25) is 10.1 Å². The Kier molecular flexibility index (Phi) is 6.10. The fraction of sp³-hybridized carbons (Fsp3) is 0.538. The number of sulfonamides is 1. The molecule has 118 valence electrons. The summed E-state index contributed by atoms with van der Waals surface area (Å²) in [7, 11) is -3.17. The number of nitro groups is 1. The Labute approximate surface area is 125 Å². The van der Waals surface area contributed by atoms with Crippen LogP contribution < -0.4 is 5.32 Å². The fourth-order valence-electron chi connectivity index (χ4n) is 2.05. The van der Waals surface area contributed by atoms with Crippen LogP contribution in [0.2, 0.25) is 0 Å². The molecule has 7 nitrogen and oxygen atoms in total. The number of anilines is 1. The Morgan fingerprint density at radius 2 is 2.05 bits per heavy atom. The van der Waals surface area contributed by atoms with Crippen LogP contribution in [0.1, 0.15) is 18.9 Å². The SMILES string of the molecule is CCN(CCCNc1cccc([N+](=O)[O-])c1C)S(C)(=O)=O. The maximum Gasteiger partial charge on any atom is 0.274 e. The molecule has 0 spiro atoms. The first kappa shape index (κ1) is 17.4. The number of nitrogens with one attached hydrogen (secondary N) is 1. The molecule has 0 saturated carbocycles. The lowest BCUT2D eigenvalue weighted by Crippen LogP contribution is -2.31. The second-order valence-corrected chi connectivity index (χ2v) is 6.72. The molecule has 0 amide bonds. The molecule has 0 saturated heterocycles. The van der Waals surface area contributed by atoms with Crippen LogP contribution in [-0.2, 0) is 10.0 Å². The highest BCUT2D eigenvalue weighted by atomic mass is 32.2. The second-order valence-electron chi connectivity index (χ2n) is 4.74. The van der Waals surface area contributed by atoms with Crippen molar-refractivity contribution in [3.8, 4) is 0 Å². The average Bonchev–Trinajstić information content (AvgIpc) is 2.38. The summed E-state index contributed by atoms with van der Waals surface area (Å²) in [4.78, 5) is 10.4. The van der Waals surface area contributed by atoms with Gasteiger partial charge in [0.05, 0.1) is 11.2 Å². The molecule has 0 heterocycles. The van der Waals surface area contributed by atoms with Gasteiger partial charge in [0.15, 0.2) is 0 Å². The standard InChI is InChI=1S/C13H21N3O4S/c1-4-15(21(3,19)20)10-6-9-14-12-7-5-8-13(11(12)2)16(17)18/h5,7-8,14H,4,6,9-10H2,1-3H3. The second kappa shape index (κ2) is 7.37. The van der Waals surface area contributed by atoms with Crippen LogP contribution in [0.3, 0.4) is 0 Å². The first-order chi connectivity index (χ1) is 9.77. The monoisotopic (exact) mass is 315 g/mol. The zero-order chi connectivity index (χ0) is 16.0. The van der Waals surface area contributed by atoms with E-state index in [1.165, 1.54) is 16.6 Å². The molecule has 1 rings (SSSR count). The first-order valence-electron chi connectivity index (χ1n) is 6.70. The third-order valence-electron chi connectivity index (χ3n) is 3.22. The Balaban J connectivity index is 2.58. The molecule has 8 heteroatoms. The van der Waals surface area contributed by atoms with E-state index in [-0.39, 0.29) is 5.69 Å². The van der Waals surface area contributed by atoms with Gasteiger partial charge in [0, 0.05) is 37.0 Å². The van der Waals surface area contributed by atoms with E-state index in [9.17, 15) is 18.5 Å². The average molecular weight is 315 g/mol. The van der Waals surface area contributed by atoms with Crippen molar-refractivity contribution >= 4 is 21.4 Å². The van der Waals surface area contributed by atoms with Crippen molar-refractivity contribution < 1.29 is 13.3 Å². The van der Waals surface area contributed by atoms with Crippen LogP contribution in [0.5, 0.6) is 0 Å². The Hall–Kier alpha value is -1.67. The zero-order valence-electron chi connectivity index (χ0n) is 12.5. The highest BCUT2D eigenvalue weighted by Crippen LogP contribution is 2.24. The molecule has 0 aliphatic carbocycles. The summed E-state index contributed by atoms with van der Waals surface area (Å²) in [6.45, 7) is 4.90. The van der Waals surface area contributed by atoms with Crippen LogP contribution in [-0.4, -0.2) is 43.5 Å². The molecule has 0 atom stereocenters. The Morgan fingerprint density at radius 3 is 2.57 bits per heavy atom. The highest BCUT2D eigenvalue weighted by molar-refractivity contribution is 7.88. The van der Waals surface area contributed by atoms with Crippen molar-refractivity contribution in [3.05, 3.63) is 33.9 Å². The third kappa shape index (κ3) is 4.98. The molecule has 21 heavy (non-hydrogen) atoms. The predicted molar refractivity (Wildman–Crippen MR) is 83.0 cm³/mol. The van der Waals surface area contributed by atoms with Crippen LogP contribution >= 0.6 is 0 Å². The van der Waals surface area contributed by atoms with E-state index in [0.717, 1.165) is 0 Å². The number of nitro benzene ring substituents is 1. The van der Waals surface area contributed by atoms with E-state index >= 15 is 0 Å². The van der Waals surface area contributed by atoms with Crippen molar-refractivity contribution in [2.75, 3.05) is 31.2 Å². The largest absolute Gasteiger partial charge is 0.385 e. The van der Waals surface area contributed by atoms with E-state index in [1.54, 1.807) is 26.0 Å². The number of rotatable bonds is 8. The topological polar surface area (TPSA) is 92.5 Å². The fourth-order valence-corrected chi connectivity index (χ4v) is 2.98. The van der Waals surface area contributed by atoms with Crippen LogP contribution in [0.4, 0.5) is 11.4 Å². The summed E-state index contributed by atoms with van der Waals surface area (Å²) in [6.07, 6.45) is 1.82. The number of hydrogen-bond acceptors (Lipinski definition) is 5. The van der Waals surface area contributed by atoms with Crippen LogP contribution in [0.15, 0.2) is 18.2 Å². The first-order valence-corrected chi connectivity index (χ1v) is 8.55. The highest BCUT2D eigenvalue weighted by Gasteiger charge is 2.14. The summed E-state index contributed by atoms with van der Waals surface area (Å²) >= 11 is 0. The molecule has 1 N–H and O–H groups in total. The molecule has 0 aliphatic rings. The quantitative estimate of drug-likeness (QED) is 0.450. The summed E-state index contributed by atoms with van der Waals surface area (Å²) in [5, 5.41) is 14.0. The summed E-state index contributed by atoms with van der Waals surface area (Å²) < 4.78 is 24.3. The predicted octanol–water partition coefficient (Wildman–Crippen LogP) is 1.99. The van der Waals surface area contributed by atoms with Gasteiger partial charge in [-0.1, -0.05) is 13.0 Å². The van der Waals surface area contributed by atoms with E-state index in [2.05, 4.69) is 5.32 Å². The van der Waals surface area contributed by atoms with Gasteiger partial charge in [-0.05, 0) is 19.4 Å². The number of benzene rings is 1. The van der Waals surface area contributed by atoms with Crippen LogP contribution in [0.25, 0.3) is 0 Å². The summed E-state index contributed by atoms with van der Waals surface area (Å²) in [5.41, 5.74) is 1.36. The lowest BCUT2D eigenvalue weighted by Gasteiger charge is -2.18. The Morgan fingerprint density at radius 1 is 1.38 bits per heavy atom. The van der Waals surface area contributed by atoms with Gasteiger partial charge in [-0.25, -0.2) is 12.7 Å². The van der Waals surface area contributed by atoms with Crippen molar-refractivity contribution in [1.29, 1.82) is 0 Å². The normalized spacial score (nSPS) is 11.6. The molecular weight excluding hydrogens is 294 g/mol. The van der Waals surface area contributed by atoms with Crippen molar-refractivity contribution in [3.63, 3.8) is 0 Å². The smallest absolute Gasteiger partial charge is 0.274 e. The van der Waals surface area contributed by atoms with Crippen molar-refractivity contribution in [2.45, 2.75) is 20.3 Å². The molecule has 0 bridgehead atoms. The molecule has 1 aromatic carbocycles. The van der Waals surface area contributed by atoms with Gasteiger partial charge >= 0.3 is 0 Å². The van der Waals surface area contributed by atoms with Gasteiger partial charge in [0.1, 0.15) is 0 Å². The minimum absolute atomic E-state index is 0.0753.